The van der Waals surface area contributed by atoms with Crippen molar-refractivity contribution in [3.63, 3.8) is 0 Å². The van der Waals surface area contributed by atoms with Crippen molar-refractivity contribution < 1.29 is 33.0 Å². The third-order valence-electron chi connectivity index (χ3n) is 4.60. The number of amides is 1. The molecule has 3 aromatic rings. The molecule has 0 unspecified atom stereocenters. The van der Waals surface area contributed by atoms with Crippen molar-refractivity contribution in [1.29, 1.82) is 0 Å². The maximum absolute atomic E-state index is 13.0. The van der Waals surface area contributed by atoms with Crippen molar-refractivity contribution in [2.75, 3.05) is 25.3 Å². The monoisotopic (exact) mass is 508 g/mol. The third-order valence-corrected chi connectivity index (χ3v) is 6.81. The summed E-state index contributed by atoms with van der Waals surface area (Å²) < 4.78 is 29.8. The molecule has 0 saturated heterocycles. The molecule has 0 aliphatic rings. The van der Waals surface area contributed by atoms with Gasteiger partial charge in [0.25, 0.3) is 0 Å². The lowest BCUT2D eigenvalue weighted by atomic mass is 10.1. The Balaban J connectivity index is 1.64. The summed E-state index contributed by atoms with van der Waals surface area (Å²) >= 11 is 2.07. The van der Waals surface area contributed by atoms with Crippen LogP contribution in [-0.2, 0) is 27.9 Å². The standard InChI is InChI=1S/C21H21FN4O6S2/c1-11-16(19(28)30-3)18(34-17(11)20(29)31-4)23-15(27)10-33-21-25-24-14(26(21)2)9-32-13-7-5-12(22)6-8-13/h5-8H,9-10H2,1-4H3,(H,23,27). The number of anilines is 1. The Morgan fingerprint density at radius 3 is 2.44 bits per heavy atom. The molecule has 2 aromatic heterocycles. The van der Waals surface area contributed by atoms with Gasteiger partial charge in [0.2, 0.25) is 5.91 Å². The second-order valence-corrected chi connectivity index (χ2v) is 8.74. The number of rotatable bonds is 9. The summed E-state index contributed by atoms with van der Waals surface area (Å²) in [5.41, 5.74) is 0.468. The molecular formula is C21H21FN4O6S2. The van der Waals surface area contributed by atoms with Crippen molar-refractivity contribution in [3.8, 4) is 5.75 Å². The highest BCUT2D eigenvalue weighted by atomic mass is 32.2. The number of hydrogen-bond donors (Lipinski definition) is 1. The van der Waals surface area contributed by atoms with Gasteiger partial charge in [0.15, 0.2) is 11.0 Å². The zero-order chi connectivity index (χ0) is 24.8. The van der Waals surface area contributed by atoms with E-state index in [2.05, 4.69) is 15.5 Å². The number of hydrogen-bond acceptors (Lipinski definition) is 10. The molecule has 0 radical (unpaired) electrons. The van der Waals surface area contributed by atoms with Crippen LogP contribution < -0.4 is 10.1 Å². The van der Waals surface area contributed by atoms with E-state index in [0.717, 1.165) is 23.1 Å². The average Bonchev–Trinajstić information content (AvgIpc) is 3.35. The Labute approximate surface area is 202 Å². The maximum atomic E-state index is 13.0. The van der Waals surface area contributed by atoms with Gasteiger partial charge in [-0.2, -0.15) is 0 Å². The topological polar surface area (TPSA) is 122 Å². The van der Waals surface area contributed by atoms with Crippen molar-refractivity contribution in [1.82, 2.24) is 14.8 Å². The minimum absolute atomic E-state index is 0.0318. The van der Waals surface area contributed by atoms with Crippen LogP contribution in [0, 0.1) is 12.7 Å². The van der Waals surface area contributed by atoms with Gasteiger partial charge < -0.3 is 24.1 Å². The molecule has 10 nitrogen and oxygen atoms in total. The summed E-state index contributed by atoms with van der Waals surface area (Å²) in [6.07, 6.45) is 0. The van der Waals surface area contributed by atoms with E-state index in [-0.39, 0.29) is 33.6 Å². The Morgan fingerprint density at radius 1 is 1.12 bits per heavy atom. The van der Waals surface area contributed by atoms with Gasteiger partial charge >= 0.3 is 11.9 Å². The summed E-state index contributed by atoms with van der Waals surface area (Å²) in [5, 5.41) is 11.4. The second-order valence-electron chi connectivity index (χ2n) is 6.78. The molecule has 0 fully saturated rings. The third kappa shape index (κ3) is 5.72. The van der Waals surface area contributed by atoms with E-state index in [1.165, 1.54) is 38.5 Å². The predicted octanol–water partition coefficient (Wildman–Crippen LogP) is 3.21. The number of thiophene rings is 1. The van der Waals surface area contributed by atoms with Gasteiger partial charge in [0.05, 0.1) is 25.5 Å². The van der Waals surface area contributed by atoms with Gasteiger partial charge in [-0.25, -0.2) is 14.0 Å². The van der Waals surface area contributed by atoms with Crippen LogP contribution in [0.3, 0.4) is 0 Å². The molecule has 2 heterocycles. The summed E-state index contributed by atoms with van der Waals surface area (Å²) in [6, 6.07) is 5.60. The van der Waals surface area contributed by atoms with Gasteiger partial charge in [-0.1, -0.05) is 11.8 Å². The van der Waals surface area contributed by atoms with E-state index < -0.39 is 17.8 Å². The molecule has 180 valence electrons. The molecule has 1 amide bonds. The predicted molar refractivity (Wildman–Crippen MR) is 123 cm³/mol. The molecule has 0 aliphatic heterocycles. The highest BCUT2D eigenvalue weighted by Gasteiger charge is 2.27. The fraction of sp³-hybridized carbons (Fsp3) is 0.286. The van der Waals surface area contributed by atoms with Gasteiger partial charge in [-0.3, -0.25) is 4.79 Å². The molecule has 1 aromatic carbocycles. The molecule has 0 aliphatic carbocycles. The summed E-state index contributed by atoms with van der Waals surface area (Å²) in [6.45, 7) is 1.68. The highest BCUT2D eigenvalue weighted by Crippen LogP contribution is 2.34. The van der Waals surface area contributed by atoms with Gasteiger partial charge in [0.1, 0.15) is 28.1 Å². The van der Waals surface area contributed by atoms with Gasteiger partial charge in [-0.15, -0.1) is 21.5 Å². The quantitative estimate of drug-likeness (QED) is 0.343. The number of methoxy groups -OCH3 is 2. The highest BCUT2D eigenvalue weighted by molar-refractivity contribution is 7.99. The smallest absolute Gasteiger partial charge is 0.348 e. The molecule has 0 saturated carbocycles. The molecular weight excluding hydrogens is 487 g/mol. The fourth-order valence-corrected chi connectivity index (χ4v) is 4.66. The number of nitrogens with zero attached hydrogens (tertiary/aromatic N) is 3. The van der Waals surface area contributed by atoms with Crippen molar-refractivity contribution in [3.05, 3.63) is 51.9 Å². The molecule has 0 atom stereocenters. The van der Waals surface area contributed by atoms with Crippen LogP contribution in [-0.4, -0.2) is 52.6 Å². The lowest BCUT2D eigenvalue weighted by Crippen LogP contribution is -2.16. The van der Waals surface area contributed by atoms with Crippen LogP contribution in [0.2, 0.25) is 0 Å². The normalized spacial score (nSPS) is 10.6. The zero-order valence-electron chi connectivity index (χ0n) is 18.7. The summed E-state index contributed by atoms with van der Waals surface area (Å²) in [7, 11) is 4.17. The lowest BCUT2D eigenvalue weighted by Gasteiger charge is -2.07. The van der Waals surface area contributed by atoms with E-state index in [0.29, 0.717) is 22.3 Å². The van der Waals surface area contributed by atoms with Crippen LogP contribution in [0.1, 0.15) is 31.4 Å². The van der Waals surface area contributed by atoms with Gasteiger partial charge in [0, 0.05) is 7.05 Å². The molecule has 0 bridgehead atoms. The van der Waals surface area contributed by atoms with E-state index in [1.807, 2.05) is 0 Å². The molecule has 3 rings (SSSR count). The Kier molecular flexibility index (Phi) is 8.23. The van der Waals surface area contributed by atoms with Crippen LogP contribution in [0.25, 0.3) is 0 Å². The Hall–Kier alpha value is -3.45. The van der Waals surface area contributed by atoms with E-state index >= 15 is 0 Å². The fourth-order valence-electron chi connectivity index (χ4n) is 2.80. The Bertz CT molecular complexity index is 1210. The lowest BCUT2D eigenvalue weighted by molar-refractivity contribution is -0.113. The number of carbonyl (C=O) groups excluding carboxylic acids is 3. The second kappa shape index (κ2) is 11.1. The SMILES string of the molecule is COC(=O)c1sc(NC(=O)CSc2nnc(COc3ccc(F)cc3)n2C)c(C(=O)OC)c1C. The molecule has 1 N–H and O–H groups in total. The van der Waals surface area contributed by atoms with E-state index in [9.17, 15) is 18.8 Å². The van der Waals surface area contributed by atoms with Crippen LogP contribution in [0.4, 0.5) is 9.39 Å². The van der Waals surface area contributed by atoms with E-state index in [1.54, 1.807) is 18.5 Å². The average molecular weight is 509 g/mol. The summed E-state index contributed by atoms with van der Waals surface area (Å²) in [4.78, 5) is 36.9. The van der Waals surface area contributed by atoms with Crippen LogP contribution >= 0.6 is 23.1 Å². The number of carbonyl (C=O) groups is 3. The molecule has 13 heteroatoms. The number of benzene rings is 1. The number of esters is 2. The number of ether oxygens (including phenoxy) is 3. The minimum atomic E-state index is -0.675. The van der Waals surface area contributed by atoms with Crippen LogP contribution in [0.15, 0.2) is 29.4 Å². The van der Waals surface area contributed by atoms with Crippen molar-refractivity contribution >= 4 is 45.9 Å². The minimum Gasteiger partial charge on any atom is -0.486 e. The number of thioether (sulfide) groups is 1. The number of nitrogens with one attached hydrogen (secondary N) is 1. The summed E-state index contributed by atoms with van der Waals surface area (Å²) in [5.74, 6) is -1.10. The first-order chi connectivity index (χ1) is 16.2. The number of aromatic nitrogens is 3. The molecule has 34 heavy (non-hydrogen) atoms. The maximum Gasteiger partial charge on any atom is 0.348 e. The number of halogens is 1. The Morgan fingerprint density at radius 2 is 1.79 bits per heavy atom. The largest absolute Gasteiger partial charge is 0.486 e. The molecule has 0 spiro atoms. The van der Waals surface area contributed by atoms with Crippen molar-refractivity contribution in [2.45, 2.75) is 18.7 Å². The first-order valence-corrected chi connectivity index (χ1v) is 11.5. The first kappa shape index (κ1) is 25.2. The zero-order valence-corrected chi connectivity index (χ0v) is 20.3. The van der Waals surface area contributed by atoms with Crippen LogP contribution in [0.5, 0.6) is 5.75 Å². The van der Waals surface area contributed by atoms with Crippen molar-refractivity contribution in [2.24, 2.45) is 7.05 Å². The first-order valence-electron chi connectivity index (χ1n) is 9.74. The van der Waals surface area contributed by atoms with Gasteiger partial charge in [-0.05, 0) is 36.8 Å². The van der Waals surface area contributed by atoms with E-state index in [4.69, 9.17) is 14.2 Å².